The van der Waals surface area contributed by atoms with E-state index in [2.05, 4.69) is 76.1 Å². The molecular formula is C51H64N8O6. The zero-order valence-corrected chi connectivity index (χ0v) is 38.9. The highest BCUT2D eigenvalue weighted by atomic mass is 16.5. The molecule has 3 fully saturated rings. The number of ether oxygens (including phenoxy) is 2. The van der Waals surface area contributed by atoms with Gasteiger partial charge in [0.15, 0.2) is 0 Å². The number of aromatic amines is 2. The van der Waals surface area contributed by atoms with E-state index in [1.54, 1.807) is 0 Å². The van der Waals surface area contributed by atoms with Crippen LogP contribution >= 0.6 is 0 Å². The maximum Gasteiger partial charge on any atom is 0.407 e. The molecule has 9 rings (SSSR count). The molecule has 65 heavy (non-hydrogen) atoms. The van der Waals surface area contributed by atoms with E-state index in [0.29, 0.717) is 13.1 Å². The van der Waals surface area contributed by atoms with Crippen molar-refractivity contribution in [3.63, 3.8) is 0 Å². The Labute approximate surface area is 381 Å². The lowest BCUT2D eigenvalue weighted by molar-refractivity contribution is -0.136. The van der Waals surface area contributed by atoms with E-state index in [1.165, 1.54) is 62.2 Å². The number of nitrogens with one attached hydrogen (secondary N) is 4. The Hall–Kier alpha value is -5.92. The van der Waals surface area contributed by atoms with E-state index in [0.717, 1.165) is 89.3 Å². The van der Waals surface area contributed by atoms with Crippen molar-refractivity contribution in [1.82, 2.24) is 40.4 Å². The number of aromatic nitrogens is 4. The molecule has 4 heterocycles. The SMILES string of the molecule is COC(=O)N[C@H](C(=O)N1CCCC1c1nc2ccc(-c3ccc(-c4ccc5nc([C@@H]6CCCN6C(=O)[C@@H](NC(=O)OC)C(C)C)[nH]c5c4)c4c3CC3(CCC(C)CC3)C4)cc2[nH]1)C(C)C. The van der Waals surface area contributed by atoms with Gasteiger partial charge in [-0.25, -0.2) is 19.6 Å². The summed E-state index contributed by atoms with van der Waals surface area (Å²) in [4.78, 5) is 73.1. The molecule has 1 saturated carbocycles. The van der Waals surface area contributed by atoms with Crippen LogP contribution in [0.4, 0.5) is 9.59 Å². The fourth-order valence-electron chi connectivity index (χ4n) is 11.3. The van der Waals surface area contributed by atoms with Crippen LogP contribution in [0, 0.1) is 23.2 Å². The summed E-state index contributed by atoms with van der Waals surface area (Å²) in [6.07, 6.45) is 9.09. The van der Waals surface area contributed by atoms with Crippen molar-refractivity contribution in [3.05, 3.63) is 71.3 Å². The number of methoxy groups -OCH3 is 2. The summed E-state index contributed by atoms with van der Waals surface area (Å²) in [6.45, 7) is 11.3. The number of nitrogens with zero attached hydrogens (tertiary/aromatic N) is 4. The predicted octanol–water partition coefficient (Wildman–Crippen LogP) is 9.16. The smallest absolute Gasteiger partial charge is 0.407 e. The van der Waals surface area contributed by atoms with E-state index in [-0.39, 0.29) is 41.1 Å². The van der Waals surface area contributed by atoms with E-state index < -0.39 is 24.3 Å². The lowest BCUT2D eigenvalue weighted by Crippen LogP contribution is -2.51. The van der Waals surface area contributed by atoms with Gasteiger partial charge in [0.25, 0.3) is 0 Å². The highest BCUT2D eigenvalue weighted by molar-refractivity contribution is 5.90. The highest BCUT2D eigenvalue weighted by Crippen LogP contribution is 2.53. The van der Waals surface area contributed by atoms with Crippen LogP contribution in [0.2, 0.25) is 0 Å². The minimum absolute atomic E-state index is 0.110. The van der Waals surface area contributed by atoms with E-state index >= 15 is 0 Å². The number of alkyl carbamates (subject to hydrolysis) is 2. The molecule has 14 nitrogen and oxygen atoms in total. The number of hydrogen-bond acceptors (Lipinski definition) is 8. The molecule has 1 unspecified atom stereocenters. The molecule has 3 aromatic carbocycles. The molecule has 5 aromatic rings. The predicted molar refractivity (Wildman–Crippen MR) is 250 cm³/mol. The van der Waals surface area contributed by atoms with Crippen molar-refractivity contribution >= 4 is 46.1 Å². The molecule has 0 bridgehead atoms. The number of imidazole rings is 2. The van der Waals surface area contributed by atoms with Gasteiger partial charge >= 0.3 is 12.2 Å². The van der Waals surface area contributed by atoms with Crippen LogP contribution in [0.3, 0.4) is 0 Å². The summed E-state index contributed by atoms with van der Waals surface area (Å²) in [5.41, 5.74) is 11.5. The van der Waals surface area contributed by atoms with Crippen molar-refractivity contribution in [2.75, 3.05) is 27.3 Å². The van der Waals surface area contributed by atoms with Gasteiger partial charge in [0.05, 0.1) is 48.4 Å². The van der Waals surface area contributed by atoms with Crippen LogP contribution in [0.5, 0.6) is 0 Å². The second kappa shape index (κ2) is 17.8. The first-order chi connectivity index (χ1) is 31.3. The van der Waals surface area contributed by atoms with Crippen molar-refractivity contribution < 1.29 is 28.7 Å². The first-order valence-electron chi connectivity index (χ1n) is 23.7. The van der Waals surface area contributed by atoms with Crippen molar-refractivity contribution in [1.29, 1.82) is 0 Å². The number of amides is 4. The molecule has 2 saturated heterocycles. The van der Waals surface area contributed by atoms with Gasteiger partial charge in [-0.05, 0) is 132 Å². The molecule has 4 N–H and O–H groups in total. The molecule has 2 aliphatic heterocycles. The number of carbonyl (C=O) groups excluding carboxylic acids is 4. The Morgan fingerprint density at radius 2 is 1.09 bits per heavy atom. The largest absolute Gasteiger partial charge is 0.453 e. The third-order valence-electron chi connectivity index (χ3n) is 15.0. The Morgan fingerprint density at radius 1 is 0.662 bits per heavy atom. The summed E-state index contributed by atoms with van der Waals surface area (Å²) in [5, 5.41) is 5.50. The van der Waals surface area contributed by atoms with Crippen molar-refractivity contribution in [2.24, 2.45) is 23.2 Å². The topological polar surface area (TPSA) is 175 Å². The first kappa shape index (κ1) is 44.3. The minimum atomic E-state index is -0.694. The van der Waals surface area contributed by atoms with E-state index in [9.17, 15) is 19.2 Å². The molecule has 344 valence electrons. The second-order valence-corrected chi connectivity index (χ2v) is 20.0. The van der Waals surface area contributed by atoms with Gasteiger partial charge in [-0.2, -0.15) is 0 Å². The maximum absolute atomic E-state index is 13.9. The van der Waals surface area contributed by atoms with Crippen LogP contribution < -0.4 is 10.6 Å². The quantitative estimate of drug-likeness (QED) is 0.107. The van der Waals surface area contributed by atoms with Gasteiger partial charge < -0.3 is 39.9 Å². The Bertz CT molecular complexity index is 2450. The van der Waals surface area contributed by atoms with Gasteiger partial charge in [0.2, 0.25) is 11.8 Å². The van der Waals surface area contributed by atoms with Gasteiger partial charge in [0.1, 0.15) is 23.7 Å². The highest BCUT2D eigenvalue weighted by Gasteiger charge is 2.43. The lowest BCUT2D eigenvalue weighted by atomic mass is 9.69. The van der Waals surface area contributed by atoms with Gasteiger partial charge in [-0.1, -0.05) is 71.7 Å². The summed E-state index contributed by atoms with van der Waals surface area (Å²) < 4.78 is 9.67. The second-order valence-electron chi connectivity index (χ2n) is 20.0. The Morgan fingerprint density at radius 3 is 1.49 bits per heavy atom. The molecule has 4 amide bonds. The minimum Gasteiger partial charge on any atom is -0.453 e. The molecule has 0 radical (unpaired) electrons. The summed E-state index contributed by atoms with van der Waals surface area (Å²) >= 11 is 0. The van der Waals surface area contributed by atoms with Crippen LogP contribution in [0.25, 0.3) is 44.3 Å². The van der Waals surface area contributed by atoms with Gasteiger partial charge in [-0.15, -0.1) is 0 Å². The number of benzene rings is 3. The monoisotopic (exact) mass is 884 g/mol. The average Bonchev–Trinajstić information content (AvgIpc) is 4.15. The molecule has 2 aromatic heterocycles. The normalized spacial score (nSPS) is 22.8. The zero-order valence-electron chi connectivity index (χ0n) is 38.9. The maximum atomic E-state index is 13.9. The Kier molecular flexibility index (Phi) is 12.1. The van der Waals surface area contributed by atoms with E-state index in [4.69, 9.17) is 19.4 Å². The number of carbonyl (C=O) groups is 4. The molecule has 4 atom stereocenters. The van der Waals surface area contributed by atoms with Gasteiger partial charge in [0, 0.05) is 13.1 Å². The zero-order chi connectivity index (χ0) is 45.7. The summed E-state index contributed by atoms with van der Waals surface area (Å²) in [6, 6.07) is 15.8. The third kappa shape index (κ3) is 8.44. The van der Waals surface area contributed by atoms with Crippen LogP contribution in [-0.4, -0.2) is 93.1 Å². The summed E-state index contributed by atoms with van der Waals surface area (Å²) in [5.74, 6) is 1.80. The lowest BCUT2D eigenvalue weighted by Gasteiger charge is -2.36. The fraction of sp³-hybridized carbons (Fsp3) is 0.529. The van der Waals surface area contributed by atoms with Crippen molar-refractivity contribution in [2.45, 2.75) is 123 Å². The number of fused-ring (bicyclic) bond motifs is 3. The van der Waals surface area contributed by atoms with Crippen LogP contribution in [0.1, 0.15) is 121 Å². The number of H-pyrrole nitrogens is 2. The standard InChI is InChI=1S/C51H64N8O6/c1-28(2)43(56-49(62)64-6)47(60)58-22-8-10-41(58)45-52-37-16-12-31(24-39(37)54-45)33-14-15-34(36-27-51(26-35(33)36)20-18-30(5)19-21-51)32-13-17-38-40(25-32)55-46(53-38)42-11-9-23-59(42)48(61)44(29(3)4)57-50(63)65-7/h12-17,24-25,28-30,41-44H,8-11,18-23,26-27H2,1-7H3,(H,52,54)(H,53,55)(H,56,62)(H,57,63)/t30?,41-,42?,43-,44-,51?/m0/s1. The van der Waals surface area contributed by atoms with Gasteiger partial charge in [-0.3, -0.25) is 9.59 Å². The van der Waals surface area contributed by atoms with Crippen molar-refractivity contribution in [3.8, 4) is 22.3 Å². The number of likely N-dealkylation sites (tertiary alicyclic amines) is 2. The molecular weight excluding hydrogens is 821 g/mol. The fourth-order valence-corrected chi connectivity index (χ4v) is 11.3. The third-order valence-corrected chi connectivity index (χ3v) is 15.0. The van der Waals surface area contributed by atoms with E-state index in [1.807, 2.05) is 37.5 Å². The number of rotatable bonds is 10. The molecule has 4 aliphatic rings. The van der Waals surface area contributed by atoms with Crippen LogP contribution in [0.15, 0.2) is 48.5 Å². The Balaban J connectivity index is 1.02. The molecule has 14 heteroatoms. The summed E-state index contributed by atoms with van der Waals surface area (Å²) in [7, 11) is 2.62. The number of hydrogen-bond donors (Lipinski definition) is 4. The van der Waals surface area contributed by atoms with Crippen LogP contribution in [-0.2, 0) is 31.9 Å². The molecule has 2 aliphatic carbocycles. The molecule has 1 spiro atoms. The first-order valence-corrected chi connectivity index (χ1v) is 23.7. The average molecular weight is 885 g/mol.